The topological polar surface area (TPSA) is 81.8 Å². The molecule has 2 aromatic heterocycles. The number of rotatable bonds is 4. The van der Waals surface area contributed by atoms with Gasteiger partial charge in [0.15, 0.2) is 5.52 Å². The van der Waals surface area contributed by atoms with Crippen LogP contribution >= 0.6 is 0 Å². The van der Waals surface area contributed by atoms with Gasteiger partial charge in [-0.05, 0) is 45.7 Å². The summed E-state index contributed by atoms with van der Waals surface area (Å²) < 4.78 is 3.05. The van der Waals surface area contributed by atoms with E-state index in [0.29, 0.717) is 11.2 Å². The van der Waals surface area contributed by atoms with Crippen molar-refractivity contribution in [3.63, 3.8) is 0 Å². The van der Waals surface area contributed by atoms with Crippen molar-refractivity contribution in [1.82, 2.24) is 24.9 Å². The predicted molar refractivity (Wildman–Crippen MR) is 117 cm³/mol. The van der Waals surface area contributed by atoms with Gasteiger partial charge in [0.2, 0.25) is 5.91 Å². The first-order chi connectivity index (χ1) is 14.5. The molecule has 0 radical (unpaired) electrons. The Morgan fingerprint density at radius 3 is 2.40 bits per heavy atom. The molecule has 0 unspecified atom stereocenters. The second-order valence-corrected chi connectivity index (χ2v) is 8.26. The van der Waals surface area contributed by atoms with Gasteiger partial charge in [-0.25, -0.2) is 9.36 Å². The number of amides is 1. The molecule has 0 bridgehead atoms. The number of fused-ring (bicyclic) bond motifs is 1. The fourth-order valence-corrected chi connectivity index (χ4v) is 4.39. The summed E-state index contributed by atoms with van der Waals surface area (Å²) in [5, 5.41) is 13.0. The third kappa shape index (κ3) is 3.76. The predicted octanol–water partition coefficient (Wildman–Crippen LogP) is 3.60. The number of para-hydroxylation sites is 1. The van der Waals surface area contributed by atoms with E-state index in [1.54, 1.807) is 11.6 Å². The van der Waals surface area contributed by atoms with E-state index in [0.717, 1.165) is 42.5 Å². The molecule has 1 atom stereocenters. The Morgan fingerprint density at radius 1 is 1.07 bits per heavy atom. The molecule has 7 heteroatoms. The Morgan fingerprint density at radius 2 is 1.73 bits per heavy atom. The first-order valence-corrected chi connectivity index (χ1v) is 10.8. The number of hydrogen-bond acceptors (Lipinski definition) is 4. The lowest BCUT2D eigenvalue weighted by atomic mass is 10.1. The zero-order valence-corrected chi connectivity index (χ0v) is 17.9. The van der Waals surface area contributed by atoms with Gasteiger partial charge in [-0.15, -0.1) is 0 Å². The van der Waals surface area contributed by atoms with E-state index in [2.05, 4.69) is 15.5 Å². The molecule has 3 aromatic rings. The lowest BCUT2D eigenvalue weighted by Crippen LogP contribution is -2.42. The van der Waals surface area contributed by atoms with Gasteiger partial charge in [0, 0.05) is 6.04 Å². The van der Waals surface area contributed by atoms with Crippen molar-refractivity contribution in [1.29, 1.82) is 0 Å². The van der Waals surface area contributed by atoms with E-state index in [4.69, 9.17) is 0 Å². The summed E-state index contributed by atoms with van der Waals surface area (Å²) in [6.07, 6.45) is 6.72. The van der Waals surface area contributed by atoms with E-state index in [9.17, 15) is 9.59 Å². The summed E-state index contributed by atoms with van der Waals surface area (Å²) >= 11 is 0. The molecule has 158 valence electrons. The van der Waals surface area contributed by atoms with Crippen LogP contribution in [0, 0.1) is 13.8 Å². The fourth-order valence-electron chi connectivity index (χ4n) is 4.39. The summed E-state index contributed by atoms with van der Waals surface area (Å²) in [6, 6.07) is 9.20. The van der Waals surface area contributed by atoms with Crippen molar-refractivity contribution in [3.8, 4) is 5.69 Å². The van der Waals surface area contributed by atoms with E-state index >= 15 is 0 Å². The maximum Gasteiger partial charge on any atom is 0.295 e. The Kier molecular flexibility index (Phi) is 5.70. The van der Waals surface area contributed by atoms with Gasteiger partial charge in [0.25, 0.3) is 5.56 Å². The Bertz CT molecular complexity index is 1110. The first-order valence-electron chi connectivity index (χ1n) is 10.8. The number of aryl methyl sites for hydroxylation is 2. The highest BCUT2D eigenvalue weighted by molar-refractivity contribution is 5.84. The molecule has 0 spiro atoms. The molecule has 0 saturated heterocycles. The van der Waals surface area contributed by atoms with Crippen molar-refractivity contribution in [2.45, 2.75) is 71.4 Å². The van der Waals surface area contributed by atoms with Gasteiger partial charge in [-0.3, -0.25) is 9.59 Å². The van der Waals surface area contributed by atoms with Crippen LogP contribution in [0.3, 0.4) is 0 Å². The molecule has 1 aromatic carbocycles. The first kappa shape index (κ1) is 20.3. The van der Waals surface area contributed by atoms with Crippen molar-refractivity contribution in [2.75, 3.05) is 0 Å². The van der Waals surface area contributed by atoms with Gasteiger partial charge >= 0.3 is 0 Å². The Labute approximate surface area is 176 Å². The minimum absolute atomic E-state index is 0.158. The number of nitrogens with zero attached hydrogens (tertiary/aromatic N) is 4. The van der Waals surface area contributed by atoms with Gasteiger partial charge in [-0.1, -0.05) is 43.9 Å². The van der Waals surface area contributed by atoms with Crippen molar-refractivity contribution >= 4 is 16.8 Å². The van der Waals surface area contributed by atoms with Crippen molar-refractivity contribution in [3.05, 3.63) is 52.1 Å². The summed E-state index contributed by atoms with van der Waals surface area (Å²) in [7, 11) is 0. The number of carbonyl (C=O) groups is 1. The molecule has 4 rings (SSSR count). The third-order valence-electron chi connectivity index (χ3n) is 6.10. The average molecular weight is 408 g/mol. The van der Waals surface area contributed by atoms with Crippen LogP contribution in [0.15, 0.2) is 35.1 Å². The zero-order chi connectivity index (χ0) is 21.3. The highest BCUT2D eigenvalue weighted by Crippen LogP contribution is 2.22. The summed E-state index contributed by atoms with van der Waals surface area (Å²) in [4.78, 5) is 26.1. The van der Waals surface area contributed by atoms with E-state index in [1.807, 2.05) is 44.2 Å². The van der Waals surface area contributed by atoms with E-state index in [1.165, 1.54) is 17.5 Å². The molecule has 1 aliphatic carbocycles. The Balaban J connectivity index is 1.68. The zero-order valence-electron chi connectivity index (χ0n) is 17.9. The molecule has 1 aliphatic rings. The number of nitrogens with one attached hydrogen (secondary N) is 1. The quantitative estimate of drug-likeness (QED) is 0.670. The lowest BCUT2D eigenvalue weighted by molar-refractivity contribution is -0.125. The van der Waals surface area contributed by atoms with Crippen LogP contribution in [0.25, 0.3) is 16.6 Å². The minimum atomic E-state index is -0.689. The molecule has 1 amide bonds. The molecular weight excluding hydrogens is 378 g/mol. The monoisotopic (exact) mass is 407 g/mol. The van der Waals surface area contributed by atoms with Crippen molar-refractivity contribution < 1.29 is 4.79 Å². The molecule has 1 saturated carbocycles. The largest absolute Gasteiger partial charge is 0.352 e. The summed E-state index contributed by atoms with van der Waals surface area (Å²) in [5.74, 6) is -0.158. The SMILES string of the molecule is Cc1nn([C@H](C)C(=O)NC2CCCCCC2)c(=O)c2nn(-c3ccccc3)c(C)c12. The summed E-state index contributed by atoms with van der Waals surface area (Å²) in [6.45, 7) is 5.52. The Hall–Kier alpha value is -2.96. The fraction of sp³-hybridized carbons (Fsp3) is 0.478. The maximum absolute atomic E-state index is 13.2. The van der Waals surface area contributed by atoms with Crippen LogP contribution in [0.1, 0.15) is 62.9 Å². The van der Waals surface area contributed by atoms with Crippen LogP contribution in [-0.4, -0.2) is 31.5 Å². The lowest BCUT2D eigenvalue weighted by Gasteiger charge is -2.20. The van der Waals surface area contributed by atoms with Gasteiger partial charge < -0.3 is 5.32 Å². The standard InChI is InChI=1S/C23H29N5O2/c1-15-20-16(2)27(19-13-9-6-10-14-19)26-21(20)23(30)28(25-15)17(3)22(29)24-18-11-7-4-5-8-12-18/h6,9-10,13-14,17-18H,4-5,7-8,11-12H2,1-3H3,(H,24,29)/t17-/m1/s1. The van der Waals surface area contributed by atoms with Crippen LogP contribution in [-0.2, 0) is 4.79 Å². The maximum atomic E-state index is 13.2. The van der Waals surface area contributed by atoms with Crippen molar-refractivity contribution in [2.24, 2.45) is 0 Å². The molecule has 1 fully saturated rings. The van der Waals surface area contributed by atoms with E-state index < -0.39 is 6.04 Å². The summed E-state index contributed by atoms with van der Waals surface area (Å²) in [5.41, 5.74) is 2.45. The van der Waals surface area contributed by atoms with Crippen LogP contribution in [0.5, 0.6) is 0 Å². The molecule has 0 aliphatic heterocycles. The van der Waals surface area contributed by atoms with Crippen LogP contribution in [0.2, 0.25) is 0 Å². The minimum Gasteiger partial charge on any atom is -0.352 e. The number of carbonyl (C=O) groups excluding carboxylic acids is 1. The number of benzene rings is 1. The molecule has 2 heterocycles. The average Bonchev–Trinajstić information content (AvgIpc) is 2.91. The van der Waals surface area contributed by atoms with Gasteiger partial charge in [-0.2, -0.15) is 10.2 Å². The van der Waals surface area contributed by atoms with Gasteiger partial charge in [0.05, 0.1) is 22.5 Å². The molecular formula is C23H29N5O2. The molecule has 7 nitrogen and oxygen atoms in total. The second kappa shape index (κ2) is 8.42. The third-order valence-corrected chi connectivity index (χ3v) is 6.10. The highest BCUT2D eigenvalue weighted by Gasteiger charge is 2.25. The number of aromatic nitrogens is 4. The second-order valence-electron chi connectivity index (χ2n) is 8.26. The molecule has 1 N–H and O–H groups in total. The molecule has 30 heavy (non-hydrogen) atoms. The highest BCUT2D eigenvalue weighted by atomic mass is 16.2. The normalized spacial score (nSPS) is 16.4. The van der Waals surface area contributed by atoms with Gasteiger partial charge in [0.1, 0.15) is 6.04 Å². The number of hydrogen-bond donors (Lipinski definition) is 1. The van der Waals surface area contributed by atoms with Crippen LogP contribution < -0.4 is 10.9 Å². The van der Waals surface area contributed by atoms with Crippen LogP contribution in [0.4, 0.5) is 0 Å². The smallest absolute Gasteiger partial charge is 0.295 e. The van der Waals surface area contributed by atoms with E-state index in [-0.39, 0.29) is 17.5 Å².